The smallest absolute Gasteiger partial charge is 0.155 e. The van der Waals surface area contributed by atoms with Crippen LogP contribution in [0.2, 0.25) is 0 Å². The summed E-state index contributed by atoms with van der Waals surface area (Å²) < 4.78 is 0. The third-order valence-electron chi connectivity index (χ3n) is 3.87. The molecule has 1 unspecified atom stereocenters. The molecule has 1 aromatic heterocycles. The van der Waals surface area contributed by atoms with Gasteiger partial charge in [-0.3, -0.25) is 0 Å². The molecule has 0 bridgehead atoms. The molecule has 4 nitrogen and oxygen atoms in total. The summed E-state index contributed by atoms with van der Waals surface area (Å²) in [4.78, 5) is 8.28. The van der Waals surface area contributed by atoms with Gasteiger partial charge >= 0.3 is 0 Å². The third kappa shape index (κ3) is 4.23. The van der Waals surface area contributed by atoms with Gasteiger partial charge in [0.2, 0.25) is 0 Å². The number of hydrogen-bond donors (Lipinski definition) is 2. The van der Waals surface area contributed by atoms with E-state index in [1.165, 1.54) is 38.1 Å². The molecule has 1 fully saturated rings. The summed E-state index contributed by atoms with van der Waals surface area (Å²) in [5, 5.41) is 9.71. The van der Waals surface area contributed by atoms with Crippen LogP contribution in [0.4, 0.5) is 0 Å². The SMILES string of the molecule is CC1C[C@H]1CCCCCc1nc(C=CN)ncc1O. The van der Waals surface area contributed by atoms with E-state index in [-0.39, 0.29) is 5.75 Å². The second-order valence-corrected chi connectivity index (χ2v) is 5.49. The molecule has 1 aromatic rings. The van der Waals surface area contributed by atoms with E-state index in [9.17, 15) is 5.11 Å². The molecular weight excluding hydrogens is 238 g/mol. The molecule has 0 aromatic carbocycles. The minimum Gasteiger partial charge on any atom is -0.504 e. The first-order chi connectivity index (χ1) is 9.20. The predicted octanol–water partition coefficient (Wildman–Crippen LogP) is 2.87. The van der Waals surface area contributed by atoms with Crippen molar-refractivity contribution in [1.82, 2.24) is 9.97 Å². The molecule has 1 aliphatic carbocycles. The molecule has 1 heterocycles. The number of nitrogens with zero attached hydrogens (tertiary/aromatic N) is 2. The molecule has 3 N–H and O–H groups in total. The Morgan fingerprint density at radius 3 is 2.89 bits per heavy atom. The lowest BCUT2D eigenvalue weighted by atomic mass is 10.1. The van der Waals surface area contributed by atoms with Crippen LogP contribution in [0, 0.1) is 11.8 Å². The number of rotatable bonds is 7. The highest BCUT2D eigenvalue weighted by molar-refractivity contribution is 5.40. The van der Waals surface area contributed by atoms with Crippen molar-refractivity contribution >= 4 is 6.08 Å². The number of nitrogens with two attached hydrogens (primary N) is 1. The molecule has 19 heavy (non-hydrogen) atoms. The molecule has 4 heteroatoms. The van der Waals surface area contributed by atoms with Crippen LogP contribution in [0.5, 0.6) is 5.75 Å². The molecule has 0 spiro atoms. The van der Waals surface area contributed by atoms with Gasteiger partial charge in [0.05, 0.1) is 11.9 Å². The highest BCUT2D eigenvalue weighted by atomic mass is 16.3. The van der Waals surface area contributed by atoms with Crippen LogP contribution >= 0.6 is 0 Å². The van der Waals surface area contributed by atoms with Crippen molar-refractivity contribution in [2.24, 2.45) is 17.6 Å². The Balaban J connectivity index is 1.73. The van der Waals surface area contributed by atoms with E-state index in [0.29, 0.717) is 5.82 Å². The lowest BCUT2D eigenvalue weighted by molar-refractivity contribution is 0.457. The fourth-order valence-corrected chi connectivity index (χ4v) is 2.45. The Hall–Kier alpha value is -1.58. The molecule has 0 radical (unpaired) electrons. The van der Waals surface area contributed by atoms with E-state index < -0.39 is 0 Å². The average Bonchev–Trinajstić information content (AvgIpc) is 3.09. The fourth-order valence-electron chi connectivity index (χ4n) is 2.45. The summed E-state index contributed by atoms with van der Waals surface area (Å²) in [7, 11) is 0. The van der Waals surface area contributed by atoms with E-state index in [2.05, 4.69) is 16.9 Å². The monoisotopic (exact) mass is 261 g/mol. The summed E-state index contributed by atoms with van der Waals surface area (Å²) >= 11 is 0. The summed E-state index contributed by atoms with van der Waals surface area (Å²) in [6, 6.07) is 0. The Morgan fingerprint density at radius 1 is 1.42 bits per heavy atom. The van der Waals surface area contributed by atoms with Crippen LogP contribution in [0.3, 0.4) is 0 Å². The highest BCUT2D eigenvalue weighted by Crippen LogP contribution is 2.41. The second kappa shape index (κ2) is 6.55. The molecule has 2 atom stereocenters. The Morgan fingerprint density at radius 2 is 2.21 bits per heavy atom. The van der Waals surface area contributed by atoms with Crippen molar-refractivity contribution < 1.29 is 5.11 Å². The Labute approximate surface area is 114 Å². The summed E-state index contributed by atoms with van der Waals surface area (Å²) in [5.41, 5.74) is 6.04. The van der Waals surface area contributed by atoms with Gasteiger partial charge in [-0.05, 0) is 43.4 Å². The van der Waals surface area contributed by atoms with Gasteiger partial charge in [-0.2, -0.15) is 0 Å². The lowest BCUT2D eigenvalue weighted by Gasteiger charge is -2.04. The lowest BCUT2D eigenvalue weighted by Crippen LogP contribution is -1.97. The largest absolute Gasteiger partial charge is 0.504 e. The van der Waals surface area contributed by atoms with E-state index in [0.717, 1.165) is 30.4 Å². The van der Waals surface area contributed by atoms with Crippen LogP contribution in [0.15, 0.2) is 12.4 Å². The van der Waals surface area contributed by atoms with Crippen molar-refractivity contribution in [1.29, 1.82) is 0 Å². The molecule has 0 amide bonds. The molecular formula is C15H23N3O. The summed E-state index contributed by atoms with van der Waals surface area (Å²) in [6.07, 6.45) is 11.6. The van der Waals surface area contributed by atoms with E-state index in [1.54, 1.807) is 6.08 Å². The molecule has 0 saturated heterocycles. The second-order valence-electron chi connectivity index (χ2n) is 5.49. The maximum Gasteiger partial charge on any atom is 0.155 e. The molecule has 1 aliphatic rings. The van der Waals surface area contributed by atoms with Gasteiger partial charge in [0, 0.05) is 0 Å². The van der Waals surface area contributed by atoms with Crippen LogP contribution in [0.25, 0.3) is 6.08 Å². The molecule has 2 rings (SSSR count). The highest BCUT2D eigenvalue weighted by Gasteiger charge is 2.31. The first-order valence-electron chi connectivity index (χ1n) is 7.14. The maximum absolute atomic E-state index is 9.71. The first kappa shape index (κ1) is 13.8. The van der Waals surface area contributed by atoms with Gasteiger partial charge in [0.1, 0.15) is 0 Å². The van der Waals surface area contributed by atoms with Gasteiger partial charge in [-0.1, -0.05) is 26.2 Å². The van der Waals surface area contributed by atoms with E-state index >= 15 is 0 Å². The van der Waals surface area contributed by atoms with E-state index in [1.807, 2.05) is 0 Å². The Bertz CT molecular complexity index is 445. The minimum absolute atomic E-state index is 0.185. The van der Waals surface area contributed by atoms with Crippen LogP contribution in [-0.4, -0.2) is 15.1 Å². The first-order valence-corrected chi connectivity index (χ1v) is 7.14. The topological polar surface area (TPSA) is 72.0 Å². The van der Waals surface area contributed by atoms with Crippen LogP contribution < -0.4 is 5.73 Å². The van der Waals surface area contributed by atoms with Crippen LogP contribution in [-0.2, 0) is 6.42 Å². The van der Waals surface area contributed by atoms with Crippen molar-refractivity contribution in [3.63, 3.8) is 0 Å². The van der Waals surface area contributed by atoms with Crippen molar-refractivity contribution in [3.8, 4) is 5.75 Å². The minimum atomic E-state index is 0.185. The zero-order valence-electron chi connectivity index (χ0n) is 11.5. The molecule has 0 aliphatic heterocycles. The van der Waals surface area contributed by atoms with Gasteiger partial charge in [0.15, 0.2) is 11.6 Å². The number of aryl methyl sites for hydroxylation is 1. The summed E-state index contributed by atoms with van der Waals surface area (Å²) in [5.74, 6) is 2.68. The normalized spacial score (nSPS) is 21.9. The predicted molar refractivity (Wildman–Crippen MR) is 76.4 cm³/mol. The summed E-state index contributed by atoms with van der Waals surface area (Å²) in [6.45, 7) is 2.33. The van der Waals surface area contributed by atoms with Gasteiger partial charge < -0.3 is 10.8 Å². The fraction of sp³-hybridized carbons (Fsp3) is 0.600. The van der Waals surface area contributed by atoms with Gasteiger partial charge in [-0.25, -0.2) is 9.97 Å². The number of hydrogen-bond acceptors (Lipinski definition) is 4. The number of unbranched alkanes of at least 4 members (excludes halogenated alkanes) is 2. The zero-order valence-corrected chi connectivity index (χ0v) is 11.5. The van der Waals surface area contributed by atoms with Crippen molar-refractivity contribution in [3.05, 3.63) is 23.9 Å². The maximum atomic E-state index is 9.71. The zero-order chi connectivity index (χ0) is 13.7. The quantitative estimate of drug-likeness (QED) is 0.740. The van der Waals surface area contributed by atoms with Gasteiger partial charge in [0.25, 0.3) is 0 Å². The molecule has 104 valence electrons. The number of aromatic hydroxyl groups is 1. The average molecular weight is 261 g/mol. The van der Waals surface area contributed by atoms with Crippen LogP contribution in [0.1, 0.15) is 50.5 Å². The van der Waals surface area contributed by atoms with Gasteiger partial charge in [-0.15, -0.1) is 0 Å². The Kier molecular flexibility index (Phi) is 4.77. The van der Waals surface area contributed by atoms with Crippen molar-refractivity contribution in [2.45, 2.75) is 45.4 Å². The molecule has 1 saturated carbocycles. The standard InChI is InChI=1S/C15H23N3O/c1-11-9-12(11)5-3-2-4-6-13-14(19)10-17-15(18-13)7-8-16/h7-8,10-12,19H,2-6,9,16H2,1H3/t11?,12-/m1/s1. The van der Waals surface area contributed by atoms with E-state index in [4.69, 9.17) is 5.73 Å². The van der Waals surface area contributed by atoms with Crippen molar-refractivity contribution in [2.75, 3.05) is 0 Å². The third-order valence-corrected chi connectivity index (χ3v) is 3.87. The number of aromatic nitrogens is 2.